The Morgan fingerprint density at radius 3 is 2.69 bits per heavy atom. The monoisotopic (exact) mass is 395 g/mol. The molecule has 152 valence electrons. The summed E-state index contributed by atoms with van der Waals surface area (Å²) < 4.78 is 15.4. The van der Waals surface area contributed by atoms with E-state index in [0.717, 1.165) is 36.2 Å². The van der Waals surface area contributed by atoms with E-state index in [2.05, 4.69) is 9.55 Å². The van der Waals surface area contributed by atoms with Gasteiger partial charge in [-0.25, -0.2) is 9.37 Å². The number of aromatic nitrogens is 2. The zero-order chi connectivity index (χ0) is 20.5. The van der Waals surface area contributed by atoms with E-state index in [4.69, 9.17) is 0 Å². The Hall–Kier alpha value is -2.73. The molecule has 1 N–H and O–H groups in total. The van der Waals surface area contributed by atoms with Crippen molar-refractivity contribution in [2.45, 2.75) is 39.3 Å². The highest BCUT2D eigenvalue weighted by molar-refractivity contribution is 5.97. The fraction of sp³-hybridized carbons (Fsp3) is 0.391. The van der Waals surface area contributed by atoms with E-state index in [1.807, 2.05) is 32.0 Å². The molecule has 0 spiro atoms. The first-order valence-corrected chi connectivity index (χ1v) is 10.1. The van der Waals surface area contributed by atoms with Crippen LogP contribution in [-0.4, -0.2) is 38.6 Å². The van der Waals surface area contributed by atoms with E-state index in [-0.39, 0.29) is 24.2 Å². The van der Waals surface area contributed by atoms with Crippen molar-refractivity contribution in [1.29, 1.82) is 0 Å². The number of aryl methyl sites for hydroxylation is 2. The van der Waals surface area contributed by atoms with Crippen LogP contribution < -0.4 is 0 Å². The highest BCUT2D eigenvalue weighted by Gasteiger charge is 2.23. The number of benzene rings is 2. The van der Waals surface area contributed by atoms with E-state index in [1.165, 1.54) is 12.1 Å². The Balaban J connectivity index is 1.59. The third-order valence-corrected chi connectivity index (χ3v) is 5.38. The average molecular weight is 395 g/mol. The Kier molecular flexibility index (Phi) is 5.37. The molecule has 1 atom stereocenters. The quantitative estimate of drug-likeness (QED) is 0.687. The maximum Gasteiger partial charge on any atom is 0.254 e. The molecule has 1 aliphatic rings. The molecule has 2 heterocycles. The van der Waals surface area contributed by atoms with Gasteiger partial charge in [-0.3, -0.25) is 4.79 Å². The number of hydrogen-bond donors (Lipinski definition) is 1. The normalized spacial score (nSPS) is 14.4. The van der Waals surface area contributed by atoms with Crippen molar-refractivity contribution in [3.8, 4) is 0 Å². The summed E-state index contributed by atoms with van der Waals surface area (Å²) in [4.78, 5) is 19.6. The first kappa shape index (κ1) is 19.6. The fourth-order valence-electron chi connectivity index (χ4n) is 4.00. The van der Waals surface area contributed by atoms with Gasteiger partial charge in [0.05, 0.1) is 23.7 Å². The number of nitrogens with zero attached hydrogens (tertiary/aromatic N) is 3. The van der Waals surface area contributed by atoms with Crippen LogP contribution in [0.1, 0.15) is 48.1 Å². The van der Waals surface area contributed by atoms with Gasteiger partial charge in [0.15, 0.2) is 0 Å². The molecule has 1 aromatic heterocycles. The maximum absolute atomic E-state index is 13.3. The van der Waals surface area contributed by atoms with E-state index in [1.54, 1.807) is 17.0 Å². The molecule has 2 aromatic carbocycles. The summed E-state index contributed by atoms with van der Waals surface area (Å²) in [5, 5.41) is 10.6. The molecule has 5 nitrogen and oxygen atoms in total. The molecule has 29 heavy (non-hydrogen) atoms. The predicted octanol–water partition coefficient (Wildman–Crippen LogP) is 3.95. The number of carbonyl (C=O) groups is 1. The second-order valence-electron chi connectivity index (χ2n) is 8.16. The van der Waals surface area contributed by atoms with Gasteiger partial charge in [0.2, 0.25) is 0 Å². The SMILES string of the molecule is CC(C)CN(C[C@H](O)c1ccc(F)cc1)C(=O)c1ccc2nc3n(c2c1)CCC3. The molecular weight excluding hydrogens is 369 g/mol. The standard InChI is InChI=1S/C23H26FN3O2/c1-15(2)13-26(14-21(28)16-5-8-18(24)9-6-16)23(29)17-7-10-19-20(12-17)27-11-3-4-22(27)25-19/h5-10,12,15,21,28H,3-4,11,13-14H2,1-2H3/t21-/m0/s1. The Bertz CT molecular complexity index is 1030. The number of rotatable bonds is 6. The number of aliphatic hydroxyl groups excluding tert-OH is 1. The van der Waals surface area contributed by atoms with Gasteiger partial charge in [-0.05, 0) is 48.2 Å². The zero-order valence-electron chi connectivity index (χ0n) is 16.8. The van der Waals surface area contributed by atoms with Crippen molar-refractivity contribution in [2.24, 2.45) is 5.92 Å². The third kappa shape index (κ3) is 4.03. The Labute approximate surface area is 169 Å². The van der Waals surface area contributed by atoms with Crippen molar-refractivity contribution >= 4 is 16.9 Å². The van der Waals surface area contributed by atoms with Crippen molar-refractivity contribution in [2.75, 3.05) is 13.1 Å². The molecule has 0 radical (unpaired) electrons. The van der Waals surface area contributed by atoms with Gasteiger partial charge < -0.3 is 14.6 Å². The zero-order valence-corrected chi connectivity index (χ0v) is 16.8. The number of halogens is 1. The lowest BCUT2D eigenvalue weighted by Gasteiger charge is -2.27. The van der Waals surface area contributed by atoms with Gasteiger partial charge in [-0.1, -0.05) is 26.0 Å². The Morgan fingerprint density at radius 1 is 1.21 bits per heavy atom. The lowest BCUT2D eigenvalue weighted by atomic mass is 10.1. The van der Waals surface area contributed by atoms with Crippen LogP contribution in [0.15, 0.2) is 42.5 Å². The number of amides is 1. The number of imidazole rings is 1. The molecule has 1 amide bonds. The fourth-order valence-corrected chi connectivity index (χ4v) is 4.00. The summed E-state index contributed by atoms with van der Waals surface area (Å²) in [6.45, 7) is 5.70. The van der Waals surface area contributed by atoms with E-state index in [0.29, 0.717) is 17.7 Å². The second kappa shape index (κ2) is 7.95. The van der Waals surface area contributed by atoms with Gasteiger partial charge in [-0.15, -0.1) is 0 Å². The predicted molar refractivity (Wildman–Crippen MR) is 110 cm³/mol. The minimum atomic E-state index is -0.874. The highest BCUT2D eigenvalue weighted by Crippen LogP contribution is 2.25. The highest BCUT2D eigenvalue weighted by atomic mass is 19.1. The van der Waals surface area contributed by atoms with Crippen molar-refractivity contribution in [1.82, 2.24) is 14.5 Å². The van der Waals surface area contributed by atoms with Gasteiger partial charge in [0.1, 0.15) is 11.6 Å². The number of fused-ring (bicyclic) bond motifs is 3. The molecule has 0 fully saturated rings. The van der Waals surface area contributed by atoms with Crippen LogP contribution in [0.25, 0.3) is 11.0 Å². The molecular formula is C23H26FN3O2. The second-order valence-corrected chi connectivity index (χ2v) is 8.16. The summed E-state index contributed by atoms with van der Waals surface area (Å²) in [6.07, 6.45) is 1.18. The molecule has 0 aliphatic carbocycles. The van der Waals surface area contributed by atoms with Crippen LogP contribution >= 0.6 is 0 Å². The van der Waals surface area contributed by atoms with Gasteiger partial charge in [0.25, 0.3) is 5.91 Å². The van der Waals surface area contributed by atoms with Crippen molar-refractivity contribution in [3.05, 3.63) is 65.2 Å². The third-order valence-electron chi connectivity index (χ3n) is 5.38. The smallest absolute Gasteiger partial charge is 0.254 e. The molecule has 4 rings (SSSR count). The van der Waals surface area contributed by atoms with E-state index < -0.39 is 6.10 Å². The molecule has 0 saturated heterocycles. The molecule has 1 aliphatic heterocycles. The summed E-state index contributed by atoms with van der Waals surface area (Å²) in [7, 11) is 0. The number of aliphatic hydroxyl groups is 1. The van der Waals surface area contributed by atoms with Crippen LogP contribution in [0.5, 0.6) is 0 Å². The van der Waals surface area contributed by atoms with Crippen LogP contribution in [0.3, 0.4) is 0 Å². The average Bonchev–Trinajstić information content (AvgIpc) is 3.28. The van der Waals surface area contributed by atoms with Crippen molar-refractivity contribution < 1.29 is 14.3 Å². The lowest BCUT2D eigenvalue weighted by molar-refractivity contribution is 0.0594. The minimum Gasteiger partial charge on any atom is -0.387 e. The van der Waals surface area contributed by atoms with Crippen molar-refractivity contribution in [3.63, 3.8) is 0 Å². The molecule has 3 aromatic rings. The van der Waals surface area contributed by atoms with E-state index in [9.17, 15) is 14.3 Å². The summed E-state index contributed by atoms with van der Waals surface area (Å²) in [5.74, 6) is 0.866. The summed E-state index contributed by atoms with van der Waals surface area (Å²) in [5.41, 5.74) is 3.10. The summed E-state index contributed by atoms with van der Waals surface area (Å²) >= 11 is 0. The van der Waals surface area contributed by atoms with Gasteiger partial charge in [-0.2, -0.15) is 0 Å². The van der Waals surface area contributed by atoms with Crippen LogP contribution in [0.2, 0.25) is 0 Å². The Morgan fingerprint density at radius 2 is 1.97 bits per heavy atom. The maximum atomic E-state index is 13.3. The van der Waals surface area contributed by atoms with Crippen LogP contribution in [-0.2, 0) is 13.0 Å². The number of hydrogen-bond acceptors (Lipinski definition) is 3. The lowest BCUT2D eigenvalue weighted by Crippen LogP contribution is -2.37. The largest absolute Gasteiger partial charge is 0.387 e. The number of carbonyl (C=O) groups excluding carboxylic acids is 1. The minimum absolute atomic E-state index is 0.115. The first-order valence-electron chi connectivity index (χ1n) is 10.1. The molecule has 0 saturated carbocycles. The molecule has 6 heteroatoms. The topological polar surface area (TPSA) is 58.4 Å². The van der Waals surface area contributed by atoms with Crippen LogP contribution in [0, 0.1) is 11.7 Å². The molecule has 0 unspecified atom stereocenters. The van der Waals surface area contributed by atoms with Gasteiger partial charge in [0, 0.05) is 25.1 Å². The first-order chi connectivity index (χ1) is 13.9. The summed E-state index contributed by atoms with van der Waals surface area (Å²) in [6, 6.07) is 11.4. The van der Waals surface area contributed by atoms with Crippen LogP contribution in [0.4, 0.5) is 4.39 Å². The molecule has 0 bridgehead atoms. The van der Waals surface area contributed by atoms with Gasteiger partial charge >= 0.3 is 0 Å². The van der Waals surface area contributed by atoms with E-state index >= 15 is 0 Å².